The zero-order valence-corrected chi connectivity index (χ0v) is 18.5. The molecule has 28 heavy (non-hydrogen) atoms. The van der Waals surface area contributed by atoms with Gasteiger partial charge in [0.1, 0.15) is 12.3 Å². The van der Waals surface area contributed by atoms with Crippen LogP contribution in [0.5, 0.6) is 5.75 Å². The molecule has 0 aromatic heterocycles. The van der Waals surface area contributed by atoms with Crippen LogP contribution in [0.15, 0.2) is 46.0 Å². The summed E-state index contributed by atoms with van der Waals surface area (Å²) in [6.45, 7) is 3.44. The van der Waals surface area contributed by atoms with E-state index in [1.54, 1.807) is 24.3 Å². The van der Waals surface area contributed by atoms with Crippen molar-refractivity contribution in [2.45, 2.75) is 13.8 Å². The number of nitrogens with zero attached hydrogens (tertiary/aromatic N) is 2. The molecule has 0 spiro atoms. The van der Waals surface area contributed by atoms with E-state index in [9.17, 15) is 13.2 Å². The van der Waals surface area contributed by atoms with E-state index < -0.39 is 15.9 Å². The van der Waals surface area contributed by atoms with E-state index in [1.807, 2.05) is 26.0 Å². The molecule has 2 aromatic rings. The van der Waals surface area contributed by atoms with Gasteiger partial charge < -0.3 is 4.74 Å². The van der Waals surface area contributed by atoms with Crippen molar-refractivity contribution in [3.05, 3.63) is 57.6 Å². The number of ether oxygens (including phenoxy) is 1. The van der Waals surface area contributed by atoms with Crippen molar-refractivity contribution in [2.75, 3.05) is 24.2 Å². The van der Waals surface area contributed by atoms with Crippen LogP contribution in [0.4, 0.5) is 5.69 Å². The molecule has 1 N–H and O–H groups in total. The second kappa shape index (κ2) is 9.20. The van der Waals surface area contributed by atoms with E-state index >= 15 is 0 Å². The SMILES string of the molecule is COc1ccc(Br)cc1/C=N\NC(=O)CN(c1ccc(C)c(C)c1)S(C)(=O)=O. The molecule has 0 fully saturated rings. The second-order valence-electron chi connectivity index (χ2n) is 6.22. The molecule has 2 rings (SSSR count). The Balaban J connectivity index is 2.14. The number of hydrazone groups is 1. The summed E-state index contributed by atoms with van der Waals surface area (Å²) in [5, 5.41) is 3.90. The quantitative estimate of drug-likeness (QED) is 0.500. The Kier molecular flexibility index (Phi) is 7.20. The van der Waals surface area contributed by atoms with Gasteiger partial charge >= 0.3 is 0 Å². The van der Waals surface area contributed by atoms with Crippen LogP contribution in [0, 0.1) is 13.8 Å². The van der Waals surface area contributed by atoms with Crippen LogP contribution in [-0.4, -0.2) is 40.4 Å². The highest BCUT2D eigenvalue weighted by Crippen LogP contribution is 2.22. The predicted molar refractivity (Wildman–Crippen MR) is 115 cm³/mol. The van der Waals surface area contributed by atoms with Crippen LogP contribution in [0.1, 0.15) is 16.7 Å². The average molecular weight is 468 g/mol. The summed E-state index contributed by atoms with van der Waals surface area (Å²) >= 11 is 3.36. The largest absolute Gasteiger partial charge is 0.496 e. The fraction of sp³-hybridized carbons (Fsp3) is 0.263. The number of rotatable bonds is 7. The summed E-state index contributed by atoms with van der Waals surface area (Å²) in [5.74, 6) is 0.0305. The van der Waals surface area contributed by atoms with Gasteiger partial charge in [-0.05, 0) is 55.3 Å². The average Bonchev–Trinajstić information content (AvgIpc) is 2.61. The molecule has 0 aliphatic rings. The molecule has 0 unspecified atom stereocenters. The second-order valence-corrected chi connectivity index (χ2v) is 9.04. The van der Waals surface area contributed by atoms with Gasteiger partial charge in [0.2, 0.25) is 10.0 Å². The topological polar surface area (TPSA) is 88.1 Å². The first-order valence-corrected chi connectivity index (χ1v) is 11.0. The van der Waals surface area contributed by atoms with E-state index in [2.05, 4.69) is 26.5 Å². The third-order valence-corrected chi connectivity index (χ3v) is 5.68. The molecular weight excluding hydrogens is 446 g/mol. The molecule has 0 saturated carbocycles. The number of nitrogens with one attached hydrogen (secondary N) is 1. The molecule has 0 heterocycles. The van der Waals surface area contributed by atoms with E-state index in [-0.39, 0.29) is 6.54 Å². The Labute approximate surface area is 173 Å². The Morgan fingerprint density at radius 3 is 2.54 bits per heavy atom. The van der Waals surface area contributed by atoms with E-state index in [4.69, 9.17) is 4.74 Å². The molecule has 0 aliphatic carbocycles. The Hall–Kier alpha value is -2.39. The molecule has 2 aromatic carbocycles. The minimum atomic E-state index is -3.64. The maximum atomic E-state index is 12.3. The third kappa shape index (κ3) is 5.80. The van der Waals surface area contributed by atoms with Crippen molar-refractivity contribution in [1.82, 2.24) is 5.43 Å². The van der Waals surface area contributed by atoms with Crippen LogP contribution < -0.4 is 14.5 Å². The molecule has 9 heteroatoms. The molecular formula is C19H22BrN3O4S. The number of amides is 1. The summed E-state index contributed by atoms with van der Waals surface area (Å²) in [7, 11) is -2.11. The molecule has 0 aliphatic heterocycles. The standard InChI is InChI=1S/C19H22BrN3O4S/c1-13-5-7-17(9-14(13)2)23(28(4,25)26)12-19(24)22-21-11-15-10-16(20)6-8-18(15)27-3/h5-11H,12H2,1-4H3,(H,22,24)/b21-11-. The number of benzene rings is 2. The van der Waals surface area contributed by atoms with Crippen molar-refractivity contribution in [3.8, 4) is 5.75 Å². The van der Waals surface area contributed by atoms with Gasteiger partial charge in [-0.1, -0.05) is 22.0 Å². The number of hydrogen-bond acceptors (Lipinski definition) is 5. The Morgan fingerprint density at radius 2 is 1.93 bits per heavy atom. The van der Waals surface area contributed by atoms with E-state index in [1.165, 1.54) is 13.3 Å². The third-order valence-electron chi connectivity index (χ3n) is 4.05. The van der Waals surface area contributed by atoms with Crippen LogP contribution in [0.2, 0.25) is 0 Å². The van der Waals surface area contributed by atoms with Crippen molar-refractivity contribution < 1.29 is 17.9 Å². The summed E-state index contributed by atoms with van der Waals surface area (Å²) in [4.78, 5) is 12.3. The number of halogens is 1. The van der Waals surface area contributed by atoms with Crippen LogP contribution >= 0.6 is 15.9 Å². The number of methoxy groups -OCH3 is 1. The molecule has 0 radical (unpaired) electrons. The monoisotopic (exact) mass is 467 g/mol. The normalized spacial score (nSPS) is 11.5. The van der Waals surface area contributed by atoms with Crippen molar-refractivity contribution >= 4 is 43.8 Å². The van der Waals surface area contributed by atoms with Crippen LogP contribution in [0.3, 0.4) is 0 Å². The summed E-state index contributed by atoms with van der Waals surface area (Å²) in [6, 6.07) is 10.6. The fourth-order valence-corrected chi connectivity index (χ4v) is 3.65. The van der Waals surface area contributed by atoms with Gasteiger partial charge in [-0.2, -0.15) is 5.10 Å². The molecule has 7 nitrogen and oxygen atoms in total. The highest BCUT2D eigenvalue weighted by molar-refractivity contribution is 9.10. The zero-order chi connectivity index (χ0) is 20.9. The Morgan fingerprint density at radius 1 is 1.21 bits per heavy atom. The molecule has 150 valence electrons. The van der Waals surface area contributed by atoms with Crippen molar-refractivity contribution in [2.24, 2.45) is 5.10 Å². The lowest BCUT2D eigenvalue weighted by molar-refractivity contribution is -0.119. The van der Waals surface area contributed by atoms with Gasteiger partial charge in [0.05, 0.1) is 25.3 Å². The fourth-order valence-electron chi connectivity index (χ4n) is 2.43. The summed E-state index contributed by atoms with van der Waals surface area (Å²) in [5.41, 5.74) is 5.41. The van der Waals surface area contributed by atoms with Gasteiger partial charge in [-0.15, -0.1) is 0 Å². The van der Waals surface area contributed by atoms with Crippen molar-refractivity contribution in [3.63, 3.8) is 0 Å². The van der Waals surface area contributed by atoms with Gasteiger partial charge in [-0.3, -0.25) is 9.10 Å². The predicted octanol–water partition coefficient (Wildman–Crippen LogP) is 2.99. The first kappa shape index (κ1) is 21.9. The molecule has 0 atom stereocenters. The Bertz CT molecular complexity index is 1010. The summed E-state index contributed by atoms with van der Waals surface area (Å²) < 4.78 is 31.4. The van der Waals surface area contributed by atoms with Gasteiger partial charge in [0.25, 0.3) is 5.91 Å². The lowest BCUT2D eigenvalue weighted by Gasteiger charge is -2.22. The lowest BCUT2D eigenvalue weighted by Crippen LogP contribution is -2.39. The van der Waals surface area contributed by atoms with Gasteiger partial charge in [0.15, 0.2) is 0 Å². The van der Waals surface area contributed by atoms with Gasteiger partial charge in [0, 0.05) is 10.0 Å². The molecule has 0 bridgehead atoms. The summed E-state index contributed by atoms with van der Waals surface area (Å²) in [6.07, 6.45) is 2.49. The lowest BCUT2D eigenvalue weighted by atomic mass is 10.1. The first-order chi connectivity index (χ1) is 13.1. The number of aryl methyl sites for hydroxylation is 2. The van der Waals surface area contributed by atoms with Crippen LogP contribution in [0.25, 0.3) is 0 Å². The zero-order valence-electron chi connectivity index (χ0n) is 16.1. The minimum absolute atomic E-state index is 0.381. The van der Waals surface area contributed by atoms with E-state index in [0.717, 1.165) is 26.2 Å². The smallest absolute Gasteiger partial charge is 0.260 e. The van der Waals surface area contributed by atoms with Gasteiger partial charge in [-0.25, -0.2) is 13.8 Å². The highest BCUT2D eigenvalue weighted by Gasteiger charge is 2.21. The number of carbonyl (C=O) groups is 1. The first-order valence-electron chi connectivity index (χ1n) is 8.32. The number of sulfonamides is 1. The maximum absolute atomic E-state index is 12.3. The number of hydrogen-bond donors (Lipinski definition) is 1. The highest BCUT2D eigenvalue weighted by atomic mass is 79.9. The number of carbonyl (C=O) groups excluding carboxylic acids is 1. The van der Waals surface area contributed by atoms with Crippen molar-refractivity contribution in [1.29, 1.82) is 0 Å². The minimum Gasteiger partial charge on any atom is -0.496 e. The number of anilines is 1. The molecule has 1 amide bonds. The van der Waals surface area contributed by atoms with E-state index in [0.29, 0.717) is 17.0 Å². The maximum Gasteiger partial charge on any atom is 0.260 e. The van der Waals surface area contributed by atoms with Crippen LogP contribution in [-0.2, 0) is 14.8 Å². The molecule has 0 saturated heterocycles.